The minimum absolute atomic E-state index is 0.142. The van der Waals surface area contributed by atoms with Gasteiger partial charge in [-0.3, -0.25) is 14.6 Å². The number of pyridine rings is 1. The van der Waals surface area contributed by atoms with Gasteiger partial charge in [-0.25, -0.2) is 13.2 Å². The van der Waals surface area contributed by atoms with E-state index < -0.39 is 39.4 Å². The van der Waals surface area contributed by atoms with Crippen molar-refractivity contribution in [3.63, 3.8) is 0 Å². The number of nitrogens with zero attached hydrogens (tertiary/aromatic N) is 1. The molecule has 2 aromatic carbocycles. The van der Waals surface area contributed by atoms with Crippen LogP contribution < -0.4 is 16.4 Å². The first-order valence-electron chi connectivity index (χ1n) is 9.60. The molecule has 0 bridgehead atoms. The number of nitrogens with one attached hydrogen (secondary N) is 2. The monoisotopic (exact) mass is 468 g/mol. The fourth-order valence-electron chi connectivity index (χ4n) is 3.10. The number of benzene rings is 2. The summed E-state index contributed by atoms with van der Waals surface area (Å²) >= 11 is 0. The van der Waals surface area contributed by atoms with Crippen molar-refractivity contribution in [2.45, 2.75) is 16.6 Å². The standard InChI is InChI=1S/C22H20N4O6S/c23-22(30)26-16-8-6-14(7-9-16)21(29)25-17-4-1-5-18(11-17)33(31,32)19(12-20(27)28)15-3-2-10-24-13-15/h1-11,13,19H,12H2,(H,25,29)(H,27,28)(H3,23,26,30). The second-order valence-electron chi connectivity index (χ2n) is 6.97. The molecule has 0 saturated heterocycles. The molecule has 0 aliphatic carbocycles. The zero-order valence-corrected chi connectivity index (χ0v) is 18.0. The van der Waals surface area contributed by atoms with E-state index in [1.165, 1.54) is 73.1 Å². The van der Waals surface area contributed by atoms with Crippen LogP contribution in [0.4, 0.5) is 16.2 Å². The normalized spacial score (nSPS) is 11.9. The number of carbonyl (C=O) groups excluding carboxylic acids is 2. The number of amides is 3. The van der Waals surface area contributed by atoms with Crippen molar-refractivity contribution in [1.82, 2.24) is 4.98 Å². The molecule has 10 nitrogen and oxygen atoms in total. The molecule has 11 heteroatoms. The van der Waals surface area contributed by atoms with Crippen LogP contribution in [0.25, 0.3) is 0 Å². The highest BCUT2D eigenvalue weighted by molar-refractivity contribution is 7.91. The van der Waals surface area contributed by atoms with Crippen molar-refractivity contribution >= 4 is 39.1 Å². The van der Waals surface area contributed by atoms with Crippen LogP contribution in [0.2, 0.25) is 0 Å². The summed E-state index contributed by atoms with van der Waals surface area (Å²) in [5.41, 5.74) is 6.17. The van der Waals surface area contributed by atoms with Gasteiger partial charge >= 0.3 is 12.0 Å². The van der Waals surface area contributed by atoms with E-state index in [9.17, 15) is 27.9 Å². The van der Waals surface area contributed by atoms with Gasteiger partial charge in [0, 0.05) is 29.3 Å². The number of nitrogens with two attached hydrogens (primary N) is 1. The Balaban J connectivity index is 1.85. The van der Waals surface area contributed by atoms with Crippen LogP contribution in [0.5, 0.6) is 0 Å². The summed E-state index contributed by atoms with van der Waals surface area (Å²) in [5.74, 6) is -1.78. The number of sulfone groups is 1. The van der Waals surface area contributed by atoms with Gasteiger partial charge in [0.05, 0.1) is 11.3 Å². The Morgan fingerprint density at radius 2 is 1.70 bits per heavy atom. The van der Waals surface area contributed by atoms with Gasteiger partial charge in [0.15, 0.2) is 9.84 Å². The molecule has 0 radical (unpaired) electrons. The number of hydrogen-bond donors (Lipinski definition) is 4. The maximum absolute atomic E-state index is 13.3. The molecule has 1 aromatic heterocycles. The third-order valence-electron chi connectivity index (χ3n) is 4.63. The van der Waals surface area contributed by atoms with Gasteiger partial charge < -0.3 is 21.5 Å². The number of carboxylic acids is 1. The lowest BCUT2D eigenvalue weighted by Crippen LogP contribution is -2.19. The predicted octanol–water partition coefficient (Wildman–Crippen LogP) is 2.81. The Kier molecular flexibility index (Phi) is 7.04. The second kappa shape index (κ2) is 9.92. The Hall–Kier alpha value is -4.25. The highest BCUT2D eigenvalue weighted by Crippen LogP contribution is 2.32. The third-order valence-corrected chi connectivity index (χ3v) is 6.72. The lowest BCUT2D eigenvalue weighted by molar-refractivity contribution is -0.137. The second-order valence-corrected chi connectivity index (χ2v) is 9.10. The van der Waals surface area contributed by atoms with Crippen LogP contribution in [0, 0.1) is 0 Å². The van der Waals surface area contributed by atoms with Crippen LogP contribution in [0.1, 0.15) is 27.6 Å². The molecule has 5 N–H and O–H groups in total. The summed E-state index contributed by atoms with van der Waals surface area (Å²) in [6, 6.07) is 13.8. The van der Waals surface area contributed by atoms with Crippen molar-refractivity contribution in [3.05, 3.63) is 84.2 Å². The Morgan fingerprint density at radius 1 is 0.970 bits per heavy atom. The van der Waals surface area contributed by atoms with Gasteiger partial charge in [0.2, 0.25) is 0 Å². The molecule has 0 aliphatic heterocycles. The van der Waals surface area contributed by atoms with Crippen molar-refractivity contribution in [1.29, 1.82) is 0 Å². The van der Waals surface area contributed by atoms with E-state index in [2.05, 4.69) is 15.6 Å². The number of carboxylic acid groups (broad SMARTS) is 1. The van der Waals surface area contributed by atoms with Gasteiger partial charge in [-0.2, -0.15) is 0 Å². The van der Waals surface area contributed by atoms with Gasteiger partial charge in [-0.15, -0.1) is 0 Å². The van der Waals surface area contributed by atoms with E-state index in [0.29, 0.717) is 5.69 Å². The maximum Gasteiger partial charge on any atom is 0.316 e. The van der Waals surface area contributed by atoms with Crippen LogP contribution in [-0.2, 0) is 14.6 Å². The number of aliphatic carboxylic acids is 1. The Bertz CT molecular complexity index is 1280. The summed E-state index contributed by atoms with van der Waals surface area (Å²) in [6.45, 7) is 0. The number of hydrogen-bond acceptors (Lipinski definition) is 6. The molecular formula is C22H20N4O6S. The summed E-state index contributed by atoms with van der Waals surface area (Å²) in [4.78, 5) is 38.5. The summed E-state index contributed by atoms with van der Waals surface area (Å²) < 4.78 is 26.5. The minimum atomic E-state index is -4.11. The lowest BCUT2D eigenvalue weighted by atomic mass is 10.1. The molecule has 1 atom stereocenters. The largest absolute Gasteiger partial charge is 0.481 e. The number of rotatable bonds is 8. The number of carbonyl (C=O) groups is 3. The average molecular weight is 468 g/mol. The lowest BCUT2D eigenvalue weighted by Gasteiger charge is -2.17. The molecule has 3 rings (SSSR count). The molecule has 0 spiro atoms. The van der Waals surface area contributed by atoms with Crippen molar-refractivity contribution in [2.75, 3.05) is 10.6 Å². The van der Waals surface area contributed by atoms with Crippen molar-refractivity contribution < 1.29 is 27.9 Å². The number of anilines is 2. The fraction of sp³-hybridized carbons (Fsp3) is 0.0909. The van der Waals surface area contributed by atoms with Crippen LogP contribution in [0.3, 0.4) is 0 Å². The van der Waals surface area contributed by atoms with Gasteiger partial charge in [0.1, 0.15) is 5.25 Å². The molecular weight excluding hydrogens is 448 g/mol. The summed E-state index contributed by atoms with van der Waals surface area (Å²) in [5, 5.41) is 12.9. The smallest absolute Gasteiger partial charge is 0.316 e. The highest BCUT2D eigenvalue weighted by Gasteiger charge is 2.31. The van der Waals surface area contributed by atoms with Crippen LogP contribution in [-0.4, -0.2) is 36.4 Å². The van der Waals surface area contributed by atoms with Gasteiger partial charge in [-0.05, 0) is 54.1 Å². The Labute approximate surface area is 189 Å². The van der Waals surface area contributed by atoms with Crippen LogP contribution in [0.15, 0.2) is 78.0 Å². The SMILES string of the molecule is NC(=O)Nc1ccc(C(=O)Nc2cccc(S(=O)(=O)C(CC(=O)O)c3cccnc3)c2)cc1. The van der Waals surface area contributed by atoms with E-state index in [0.717, 1.165) is 0 Å². The molecule has 1 heterocycles. The van der Waals surface area contributed by atoms with E-state index in [-0.39, 0.29) is 21.7 Å². The number of aromatic nitrogens is 1. The molecule has 3 amide bonds. The summed E-state index contributed by atoms with van der Waals surface area (Å²) in [7, 11) is -4.11. The first kappa shape index (κ1) is 23.4. The number of primary amides is 1. The molecule has 0 aliphatic rings. The van der Waals surface area contributed by atoms with Crippen molar-refractivity contribution in [2.24, 2.45) is 5.73 Å². The third kappa shape index (κ3) is 5.92. The zero-order chi connectivity index (χ0) is 24.0. The van der Waals surface area contributed by atoms with E-state index in [1.54, 1.807) is 0 Å². The minimum Gasteiger partial charge on any atom is -0.481 e. The molecule has 33 heavy (non-hydrogen) atoms. The van der Waals surface area contributed by atoms with Crippen molar-refractivity contribution in [3.8, 4) is 0 Å². The van der Waals surface area contributed by atoms with E-state index in [4.69, 9.17) is 5.73 Å². The molecule has 1 unspecified atom stereocenters. The molecule has 3 aromatic rings. The predicted molar refractivity (Wildman–Crippen MR) is 120 cm³/mol. The van der Waals surface area contributed by atoms with Gasteiger partial charge in [0.25, 0.3) is 5.91 Å². The van der Waals surface area contributed by atoms with E-state index >= 15 is 0 Å². The van der Waals surface area contributed by atoms with Crippen LogP contribution >= 0.6 is 0 Å². The fourth-order valence-corrected chi connectivity index (χ4v) is 4.85. The van der Waals surface area contributed by atoms with Gasteiger partial charge in [-0.1, -0.05) is 12.1 Å². The maximum atomic E-state index is 13.3. The highest BCUT2D eigenvalue weighted by atomic mass is 32.2. The zero-order valence-electron chi connectivity index (χ0n) is 17.1. The average Bonchev–Trinajstić information content (AvgIpc) is 2.78. The molecule has 170 valence electrons. The quantitative estimate of drug-likeness (QED) is 0.394. The molecule has 0 fully saturated rings. The first-order valence-corrected chi connectivity index (χ1v) is 11.1. The molecule has 0 saturated carbocycles. The topological polar surface area (TPSA) is 169 Å². The first-order chi connectivity index (χ1) is 15.7. The number of urea groups is 1. The van der Waals surface area contributed by atoms with E-state index in [1.807, 2.05) is 0 Å². The summed E-state index contributed by atoms with van der Waals surface area (Å²) in [6.07, 6.45) is 2.13. The Morgan fingerprint density at radius 3 is 2.30 bits per heavy atom.